The van der Waals surface area contributed by atoms with E-state index in [1.807, 2.05) is 0 Å². The number of nitrogens with one attached hydrogen (secondary N) is 1. The molecule has 148 valence electrons. The van der Waals surface area contributed by atoms with E-state index in [1.165, 1.54) is 12.1 Å². The standard InChI is InChI=1S/C18H19N3O6S/c22-17(23)18(10-12-19-13-11-18)20(14-4-2-1-3-5-14)28(26,27)16-8-6-15(7-9-16)21(24)25/h1-9,19H,10-13H2,(H,22,23). The maximum absolute atomic E-state index is 13.5. The normalized spacial score (nSPS) is 16.3. The van der Waals surface area contributed by atoms with Crippen LogP contribution in [0.1, 0.15) is 12.8 Å². The number of nitro groups is 1. The number of benzene rings is 2. The van der Waals surface area contributed by atoms with Crippen molar-refractivity contribution in [3.05, 3.63) is 64.7 Å². The van der Waals surface area contributed by atoms with Gasteiger partial charge in [-0.25, -0.2) is 17.5 Å². The molecule has 2 aromatic carbocycles. The second-order valence-electron chi connectivity index (χ2n) is 6.44. The highest BCUT2D eigenvalue weighted by molar-refractivity contribution is 7.93. The molecule has 0 bridgehead atoms. The van der Waals surface area contributed by atoms with Crippen molar-refractivity contribution < 1.29 is 23.2 Å². The number of hydrogen-bond acceptors (Lipinski definition) is 6. The van der Waals surface area contributed by atoms with Crippen LogP contribution in [-0.4, -0.2) is 43.0 Å². The molecular weight excluding hydrogens is 386 g/mol. The number of anilines is 1. The van der Waals surface area contributed by atoms with Gasteiger partial charge < -0.3 is 10.4 Å². The maximum Gasteiger partial charge on any atom is 0.330 e. The Balaban J connectivity index is 2.18. The number of nitrogens with zero attached hydrogens (tertiary/aromatic N) is 2. The molecule has 1 aliphatic rings. The zero-order valence-electron chi connectivity index (χ0n) is 14.8. The fourth-order valence-electron chi connectivity index (χ4n) is 3.37. The van der Waals surface area contributed by atoms with Crippen molar-refractivity contribution in [1.82, 2.24) is 5.32 Å². The van der Waals surface area contributed by atoms with Gasteiger partial charge in [0.25, 0.3) is 15.7 Å². The van der Waals surface area contributed by atoms with E-state index in [1.54, 1.807) is 18.2 Å². The van der Waals surface area contributed by atoms with Gasteiger partial charge in [-0.2, -0.15) is 0 Å². The minimum Gasteiger partial charge on any atom is -0.479 e. The van der Waals surface area contributed by atoms with Crippen LogP contribution in [0, 0.1) is 10.1 Å². The zero-order valence-corrected chi connectivity index (χ0v) is 15.6. The highest BCUT2D eigenvalue weighted by atomic mass is 32.2. The van der Waals surface area contributed by atoms with Crippen LogP contribution in [0.5, 0.6) is 0 Å². The fourth-order valence-corrected chi connectivity index (χ4v) is 5.18. The number of sulfonamides is 1. The van der Waals surface area contributed by atoms with Gasteiger partial charge in [0.2, 0.25) is 0 Å². The highest BCUT2D eigenvalue weighted by Crippen LogP contribution is 2.37. The van der Waals surface area contributed by atoms with Crippen molar-refractivity contribution in [3.63, 3.8) is 0 Å². The molecule has 1 aliphatic heterocycles. The summed E-state index contributed by atoms with van der Waals surface area (Å²) >= 11 is 0. The largest absolute Gasteiger partial charge is 0.479 e. The summed E-state index contributed by atoms with van der Waals surface area (Å²) < 4.78 is 27.9. The van der Waals surface area contributed by atoms with E-state index in [9.17, 15) is 28.4 Å². The highest BCUT2D eigenvalue weighted by Gasteiger charge is 2.51. The van der Waals surface area contributed by atoms with Crippen LogP contribution in [0.15, 0.2) is 59.5 Å². The molecule has 1 saturated heterocycles. The van der Waals surface area contributed by atoms with Gasteiger partial charge in [-0.1, -0.05) is 18.2 Å². The van der Waals surface area contributed by atoms with E-state index in [4.69, 9.17) is 0 Å². The molecule has 0 aliphatic carbocycles. The van der Waals surface area contributed by atoms with Crippen LogP contribution >= 0.6 is 0 Å². The summed E-state index contributed by atoms with van der Waals surface area (Å²) in [5.74, 6) is -1.23. The Morgan fingerprint density at radius 2 is 1.64 bits per heavy atom. The van der Waals surface area contributed by atoms with Gasteiger partial charge in [0.05, 0.1) is 15.5 Å². The molecule has 1 heterocycles. The summed E-state index contributed by atoms with van der Waals surface area (Å²) in [6.07, 6.45) is 0.173. The minimum absolute atomic E-state index is 0.0867. The Hall–Kier alpha value is -2.98. The molecule has 3 rings (SSSR count). The van der Waals surface area contributed by atoms with Crippen molar-refractivity contribution in [2.75, 3.05) is 17.4 Å². The molecule has 28 heavy (non-hydrogen) atoms. The Labute approximate surface area is 161 Å². The molecule has 0 amide bonds. The molecular formula is C18H19N3O6S. The molecule has 9 nitrogen and oxygen atoms in total. The quantitative estimate of drug-likeness (QED) is 0.555. The minimum atomic E-state index is -4.30. The third-order valence-electron chi connectivity index (χ3n) is 4.79. The van der Waals surface area contributed by atoms with Crippen molar-refractivity contribution in [2.45, 2.75) is 23.3 Å². The van der Waals surface area contributed by atoms with Gasteiger partial charge in [0.15, 0.2) is 5.54 Å². The third-order valence-corrected chi connectivity index (χ3v) is 6.70. The molecule has 0 aromatic heterocycles. The van der Waals surface area contributed by atoms with Crippen molar-refractivity contribution in [2.24, 2.45) is 0 Å². The molecule has 1 fully saturated rings. The second-order valence-corrected chi connectivity index (χ2v) is 8.23. The number of non-ortho nitro benzene ring substituents is 1. The number of rotatable bonds is 6. The maximum atomic E-state index is 13.5. The topological polar surface area (TPSA) is 130 Å². The van der Waals surface area contributed by atoms with Crippen molar-refractivity contribution in [1.29, 1.82) is 0 Å². The van der Waals surface area contributed by atoms with Gasteiger partial charge in [-0.15, -0.1) is 0 Å². The summed E-state index contributed by atoms with van der Waals surface area (Å²) in [4.78, 5) is 22.3. The van der Waals surface area contributed by atoms with E-state index in [0.717, 1.165) is 28.6 Å². The SMILES string of the molecule is O=C(O)C1(N(c2ccccc2)S(=O)(=O)c2ccc([N+](=O)[O-])cc2)CCNCC1. The molecule has 0 atom stereocenters. The number of nitro benzene ring substituents is 1. The molecule has 0 saturated carbocycles. The summed E-state index contributed by atoms with van der Waals surface area (Å²) in [6.45, 7) is 0.705. The fraction of sp³-hybridized carbons (Fsp3) is 0.278. The average Bonchev–Trinajstić information content (AvgIpc) is 2.69. The van der Waals surface area contributed by atoms with E-state index in [0.29, 0.717) is 13.1 Å². The number of carboxylic acids is 1. The monoisotopic (exact) mass is 405 g/mol. The summed E-state index contributed by atoms with van der Waals surface area (Å²) in [7, 11) is -4.30. The first-order valence-corrected chi connectivity index (χ1v) is 10.0. The van der Waals surface area contributed by atoms with Crippen LogP contribution in [0.3, 0.4) is 0 Å². The number of para-hydroxylation sites is 1. The molecule has 2 N–H and O–H groups in total. The lowest BCUT2D eigenvalue weighted by Crippen LogP contribution is -2.61. The Kier molecular flexibility index (Phi) is 5.34. The lowest BCUT2D eigenvalue weighted by Gasteiger charge is -2.43. The predicted octanol–water partition coefficient (Wildman–Crippen LogP) is 2.00. The van der Waals surface area contributed by atoms with E-state index < -0.39 is 26.5 Å². The predicted molar refractivity (Wildman–Crippen MR) is 102 cm³/mol. The number of carboxylic acid groups (broad SMARTS) is 1. The first kappa shape index (κ1) is 19.8. The average molecular weight is 405 g/mol. The zero-order chi connectivity index (χ0) is 20.4. The first-order valence-electron chi connectivity index (χ1n) is 8.58. The van der Waals surface area contributed by atoms with Gasteiger partial charge >= 0.3 is 5.97 Å². The van der Waals surface area contributed by atoms with Crippen molar-refractivity contribution >= 4 is 27.4 Å². The van der Waals surface area contributed by atoms with E-state index in [-0.39, 0.29) is 29.1 Å². The number of hydrogen-bond donors (Lipinski definition) is 2. The molecule has 0 radical (unpaired) electrons. The summed E-state index contributed by atoms with van der Waals surface area (Å²) in [5.41, 5.74) is -1.68. The van der Waals surface area contributed by atoms with Gasteiger partial charge in [0, 0.05) is 12.1 Å². The lowest BCUT2D eigenvalue weighted by atomic mass is 9.88. The Morgan fingerprint density at radius 1 is 1.07 bits per heavy atom. The van der Waals surface area contributed by atoms with Crippen LogP contribution in [-0.2, 0) is 14.8 Å². The molecule has 0 unspecified atom stereocenters. The number of carbonyl (C=O) groups is 1. The number of piperidine rings is 1. The summed E-state index contributed by atoms with van der Waals surface area (Å²) in [6, 6.07) is 12.5. The third kappa shape index (κ3) is 3.43. The van der Waals surface area contributed by atoms with Crippen LogP contribution in [0.4, 0.5) is 11.4 Å². The van der Waals surface area contributed by atoms with Gasteiger partial charge in [0.1, 0.15) is 0 Å². The molecule has 2 aromatic rings. The number of aliphatic carboxylic acids is 1. The van der Waals surface area contributed by atoms with E-state index in [2.05, 4.69) is 5.32 Å². The Morgan fingerprint density at radius 3 is 2.14 bits per heavy atom. The van der Waals surface area contributed by atoms with Gasteiger partial charge in [-0.05, 0) is 50.2 Å². The van der Waals surface area contributed by atoms with Crippen LogP contribution in [0.2, 0.25) is 0 Å². The molecule has 10 heteroatoms. The van der Waals surface area contributed by atoms with E-state index >= 15 is 0 Å². The van der Waals surface area contributed by atoms with Crippen molar-refractivity contribution in [3.8, 4) is 0 Å². The van der Waals surface area contributed by atoms with Crippen LogP contribution in [0.25, 0.3) is 0 Å². The lowest BCUT2D eigenvalue weighted by molar-refractivity contribution is -0.384. The van der Waals surface area contributed by atoms with Crippen LogP contribution < -0.4 is 9.62 Å². The summed E-state index contributed by atoms with van der Waals surface area (Å²) in [5, 5.41) is 23.9. The van der Waals surface area contributed by atoms with Gasteiger partial charge in [-0.3, -0.25) is 10.1 Å². The molecule has 0 spiro atoms. The Bertz CT molecular complexity index is 970. The smallest absolute Gasteiger partial charge is 0.330 e. The second kappa shape index (κ2) is 7.56. The first-order chi connectivity index (χ1) is 13.3.